The quantitative estimate of drug-likeness (QED) is 0.883. The van der Waals surface area contributed by atoms with E-state index in [0.29, 0.717) is 5.56 Å². The maximum absolute atomic E-state index is 9.19. The van der Waals surface area contributed by atoms with Gasteiger partial charge >= 0.3 is 0 Å². The van der Waals surface area contributed by atoms with E-state index in [1.807, 2.05) is 12.1 Å². The van der Waals surface area contributed by atoms with E-state index < -0.39 is 0 Å². The number of nitriles is 1. The summed E-state index contributed by atoms with van der Waals surface area (Å²) in [6.45, 7) is 0.115. The minimum Gasteiger partial charge on any atom is -0.394 e. The minimum atomic E-state index is -0.188. The van der Waals surface area contributed by atoms with E-state index in [4.69, 9.17) is 5.26 Å². The van der Waals surface area contributed by atoms with Gasteiger partial charge in [0.25, 0.3) is 0 Å². The van der Waals surface area contributed by atoms with Crippen LogP contribution >= 0.6 is 15.9 Å². The summed E-state index contributed by atoms with van der Waals surface area (Å²) in [6.07, 6.45) is 1.92. The van der Waals surface area contributed by atoms with Crippen molar-refractivity contribution in [1.29, 1.82) is 5.26 Å². The van der Waals surface area contributed by atoms with Gasteiger partial charge in [-0.05, 0) is 31.0 Å². The lowest BCUT2D eigenvalue weighted by molar-refractivity contribution is 0.266. The van der Waals surface area contributed by atoms with Gasteiger partial charge in [-0.3, -0.25) is 0 Å². The van der Waals surface area contributed by atoms with Crippen LogP contribution in [0.2, 0.25) is 0 Å². The van der Waals surface area contributed by atoms with E-state index in [9.17, 15) is 5.11 Å². The Hall–Kier alpha value is -1.05. The third kappa shape index (κ3) is 2.14. The van der Waals surface area contributed by atoms with Crippen molar-refractivity contribution in [2.75, 3.05) is 11.9 Å². The molecule has 2 N–H and O–H groups in total. The van der Waals surface area contributed by atoms with Crippen LogP contribution in [0, 0.1) is 11.3 Å². The van der Waals surface area contributed by atoms with Gasteiger partial charge in [-0.1, -0.05) is 15.9 Å². The number of aliphatic hydroxyl groups is 1. The highest BCUT2D eigenvalue weighted by Gasteiger charge is 2.42. The van der Waals surface area contributed by atoms with Crippen molar-refractivity contribution in [1.82, 2.24) is 0 Å². The highest BCUT2D eigenvalue weighted by atomic mass is 79.9. The van der Waals surface area contributed by atoms with Crippen LogP contribution in [-0.4, -0.2) is 17.3 Å². The topological polar surface area (TPSA) is 56.0 Å². The Morgan fingerprint density at radius 2 is 2.27 bits per heavy atom. The molecule has 1 aromatic rings. The van der Waals surface area contributed by atoms with Crippen LogP contribution in [0.4, 0.5) is 5.69 Å². The Morgan fingerprint density at radius 1 is 1.53 bits per heavy atom. The number of nitrogens with one attached hydrogen (secondary N) is 1. The van der Waals surface area contributed by atoms with Crippen LogP contribution in [0.15, 0.2) is 22.7 Å². The normalized spacial score (nSPS) is 16.9. The van der Waals surface area contributed by atoms with Crippen LogP contribution in [0.25, 0.3) is 0 Å². The average Bonchev–Trinajstić information content (AvgIpc) is 2.99. The SMILES string of the molecule is N#Cc1ccc(Br)cc1NC1(CO)CC1. The van der Waals surface area contributed by atoms with Gasteiger partial charge in [0.2, 0.25) is 0 Å². The molecule has 1 saturated carbocycles. The first-order valence-corrected chi connectivity index (χ1v) is 5.57. The van der Waals surface area contributed by atoms with E-state index in [2.05, 4.69) is 27.3 Å². The molecule has 0 aromatic heterocycles. The van der Waals surface area contributed by atoms with Crippen LogP contribution in [-0.2, 0) is 0 Å². The Balaban J connectivity index is 2.27. The van der Waals surface area contributed by atoms with Crippen molar-refractivity contribution in [2.24, 2.45) is 0 Å². The first kappa shape index (κ1) is 10.5. The number of rotatable bonds is 3. The van der Waals surface area contributed by atoms with E-state index in [1.165, 1.54) is 0 Å². The Bertz CT molecular complexity index is 421. The summed E-state index contributed by atoms with van der Waals surface area (Å²) in [5, 5.41) is 21.4. The van der Waals surface area contributed by atoms with Gasteiger partial charge in [-0.2, -0.15) is 5.26 Å². The molecule has 0 aliphatic heterocycles. The van der Waals surface area contributed by atoms with Crippen molar-refractivity contribution < 1.29 is 5.11 Å². The van der Waals surface area contributed by atoms with Crippen molar-refractivity contribution in [2.45, 2.75) is 18.4 Å². The average molecular weight is 267 g/mol. The molecular weight excluding hydrogens is 256 g/mol. The van der Waals surface area contributed by atoms with Crippen molar-refractivity contribution in [3.8, 4) is 6.07 Å². The molecule has 3 nitrogen and oxygen atoms in total. The molecule has 0 spiro atoms. The van der Waals surface area contributed by atoms with Crippen molar-refractivity contribution in [3.63, 3.8) is 0 Å². The number of hydrogen-bond donors (Lipinski definition) is 2. The maximum Gasteiger partial charge on any atom is 0.101 e. The molecule has 0 amide bonds. The minimum absolute atomic E-state index is 0.115. The van der Waals surface area contributed by atoms with Crippen LogP contribution in [0.5, 0.6) is 0 Å². The third-order valence-electron chi connectivity index (χ3n) is 2.66. The highest BCUT2D eigenvalue weighted by molar-refractivity contribution is 9.10. The molecule has 15 heavy (non-hydrogen) atoms. The lowest BCUT2D eigenvalue weighted by Crippen LogP contribution is -2.26. The lowest BCUT2D eigenvalue weighted by atomic mass is 10.1. The monoisotopic (exact) mass is 266 g/mol. The summed E-state index contributed by atoms with van der Waals surface area (Å²) in [5.74, 6) is 0. The first-order valence-electron chi connectivity index (χ1n) is 4.78. The third-order valence-corrected chi connectivity index (χ3v) is 3.15. The van der Waals surface area contributed by atoms with Crippen molar-refractivity contribution >= 4 is 21.6 Å². The van der Waals surface area contributed by atoms with E-state index in [1.54, 1.807) is 6.07 Å². The summed E-state index contributed by atoms with van der Waals surface area (Å²) in [6, 6.07) is 7.60. The molecule has 0 saturated heterocycles. The fourth-order valence-corrected chi connectivity index (χ4v) is 1.84. The number of nitrogens with zero attached hydrogens (tertiary/aromatic N) is 1. The molecule has 4 heteroatoms. The fourth-order valence-electron chi connectivity index (χ4n) is 1.48. The molecule has 0 unspecified atom stereocenters. The van der Waals surface area contributed by atoms with E-state index in [-0.39, 0.29) is 12.1 Å². The molecule has 0 heterocycles. The van der Waals surface area contributed by atoms with Gasteiger partial charge < -0.3 is 10.4 Å². The zero-order valence-corrected chi connectivity index (χ0v) is 9.71. The Kier molecular flexibility index (Phi) is 2.68. The molecule has 2 rings (SSSR count). The Labute approximate surface area is 96.9 Å². The van der Waals surface area contributed by atoms with Gasteiger partial charge in [0.15, 0.2) is 0 Å². The first-order chi connectivity index (χ1) is 7.19. The summed E-state index contributed by atoms with van der Waals surface area (Å²) >= 11 is 3.36. The number of halogens is 1. The van der Waals surface area contributed by atoms with Gasteiger partial charge in [-0.15, -0.1) is 0 Å². The van der Waals surface area contributed by atoms with Gasteiger partial charge in [0, 0.05) is 4.47 Å². The molecule has 0 radical (unpaired) electrons. The smallest absolute Gasteiger partial charge is 0.101 e. The number of aliphatic hydroxyl groups excluding tert-OH is 1. The summed E-state index contributed by atoms with van der Waals surface area (Å²) in [7, 11) is 0. The predicted molar refractivity (Wildman–Crippen MR) is 61.5 cm³/mol. The van der Waals surface area contributed by atoms with Crippen LogP contribution in [0.3, 0.4) is 0 Å². The molecular formula is C11H11BrN2O. The summed E-state index contributed by atoms with van der Waals surface area (Å²) in [4.78, 5) is 0. The second-order valence-electron chi connectivity index (χ2n) is 3.87. The van der Waals surface area contributed by atoms with Crippen LogP contribution in [0.1, 0.15) is 18.4 Å². The van der Waals surface area contributed by atoms with Gasteiger partial charge in [0.1, 0.15) is 6.07 Å². The zero-order valence-electron chi connectivity index (χ0n) is 8.13. The van der Waals surface area contributed by atoms with Gasteiger partial charge in [-0.25, -0.2) is 0 Å². The van der Waals surface area contributed by atoms with E-state index in [0.717, 1.165) is 23.0 Å². The second-order valence-corrected chi connectivity index (χ2v) is 4.78. The number of anilines is 1. The summed E-state index contributed by atoms with van der Waals surface area (Å²) < 4.78 is 0.928. The van der Waals surface area contributed by atoms with Crippen molar-refractivity contribution in [3.05, 3.63) is 28.2 Å². The Morgan fingerprint density at radius 3 is 2.80 bits per heavy atom. The number of hydrogen-bond acceptors (Lipinski definition) is 3. The fraction of sp³-hybridized carbons (Fsp3) is 0.364. The standard InChI is InChI=1S/C11H11BrN2O/c12-9-2-1-8(6-13)10(5-9)14-11(7-15)3-4-11/h1-2,5,14-15H,3-4,7H2. The summed E-state index contributed by atoms with van der Waals surface area (Å²) in [5.41, 5.74) is 1.21. The lowest BCUT2D eigenvalue weighted by Gasteiger charge is -2.17. The molecule has 0 bridgehead atoms. The molecule has 78 valence electrons. The predicted octanol–water partition coefficient (Wildman–Crippen LogP) is 2.26. The molecule has 1 aliphatic rings. The molecule has 1 aromatic carbocycles. The molecule has 1 aliphatic carbocycles. The van der Waals surface area contributed by atoms with E-state index >= 15 is 0 Å². The molecule has 0 atom stereocenters. The molecule has 1 fully saturated rings. The van der Waals surface area contributed by atoms with Gasteiger partial charge in [0.05, 0.1) is 23.4 Å². The largest absolute Gasteiger partial charge is 0.394 e. The number of benzene rings is 1. The zero-order chi connectivity index (χ0) is 10.9. The van der Waals surface area contributed by atoms with Crippen LogP contribution < -0.4 is 5.32 Å². The maximum atomic E-state index is 9.19. The highest BCUT2D eigenvalue weighted by Crippen LogP contribution is 2.39. The second kappa shape index (κ2) is 3.84.